The topological polar surface area (TPSA) is 9.23 Å². The first-order chi connectivity index (χ1) is 10.9. The van der Waals surface area contributed by atoms with Crippen LogP contribution in [0.2, 0.25) is 0 Å². The summed E-state index contributed by atoms with van der Waals surface area (Å²) in [6, 6.07) is 6.34. The molecule has 0 spiro atoms. The first-order valence-corrected chi connectivity index (χ1v) is 9.20. The third kappa shape index (κ3) is 6.31. The van der Waals surface area contributed by atoms with E-state index in [1.54, 1.807) is 11.8 Å². The molecule has 1 nitrogen and oxygen atoms in total. The van der Waals surface area contributed by atoms with E-state index in [1.807, 2.05) is 13.8 Å². The molecule has 0 aliphatic rings. The van der Waals surface area contributed by atoms with Crippen LogP contribution in [0.1, 0.15) is 65.0 Å². The molecule has 0 aromatic heterocycles. The van der Waals surface area contributed by atoms with Crippen LogP contribution in [0.5, 0.6) is 5.75 Å². The number of thioether (sulfide) groups is 1. The number of benzene rings is 1. The van der Waals surface area contributed by atoms with Crippen molar-refractivity contribution in [3.63, 3.8) is 0 Å². The van der Waals surface area contributed by atoms with E-state index in [9.17, 15) is 0 Å². The van der Waals surface area contributed by atoms with E-state index in [0.29, 0.717) is 0 Å². The Bertz CT molecular complexity index is 584. The largest absolute Gasteiger partial charge is 0.490 e. The van der Waals surface area contributed by atoms with Crippen molar-refractivity contribution in [3.05, 3.63) is 53.5 Å². The number of allylic oxidation sites excluding steroid dienone is 3. The molecule has 0 unspecified atom stereocenters. The zero-order chi connectivity index (χ0) is 17.4. The van der Waals surface area contributed by atoms with Gasteiger partial charge in [-0.25, -0.2) is 0 Å². The highest BCUT2D eigenvalue weighted by atomic mass is 32.2. The molecule has 1 atom stereocenters. The smallest absolute Gasteiger partial charge is 0.120 e. The fraction of sp³-hybridized carbons (Fsp3) is 0.429. The quantitative estimate of drug-likeness (QED) is 0.469. The molecule has 0 saturated heterocycles. The minimum absolute atomic E-state index is 0.270. The second-order valence-electron chi connectivity index (χ2n) is 5.89. The Morgan fingerprint density at radius 1 is 1.17 bits per heavy atom. The Morgan fingerprint density at radius 3 is 2.35 bits per heavy atom. The summed E-state index contributed by atoms with van der Waals surface area (Å²) in [6.07, 6.45) is 5.61. The second kappa shape index (κ2) is 9.67. The molecule has 2 heteroatoms. The molecule has 23 heavy (non-hydrogen) atoms. The Morgan fingerprint density at radius 2 is 1.83 bits per heavy atom. The van der Waals surface area contributed by atoms with Gasteiger partial charge in [-0.2, -0.15) is 0 Å². The maximum atomic E-state index is 6.21. The van der Waals surface area contributed by atoms with Crippen molar-refractivity contribution in [2.45, 2.75) is 60.0 Å². The van der Waals surface area contributed by atoms with Gasteiger partial charge in [-0.05, 0) is 67.8 Å². The third-order valence-corrected chi connectivity index (χ3v) is 4.82. The van der Waals surface area contributed by atoms with Gasteiger partial charge < -0.3 is 4.74 Å². The van der Waals surface area contributed by atoms with Crippen molar-refractivity contribution in [2.24, 2.45) is 0 Å². The van der Waals surface area contributed by atoms with Crippen LogP contribution in [0.25, 0.3) is 10.5 Å². The standard InChI is InChI=1S/C21H30OS/c1-8-11-20(10-3)22-21-13-18(15(4)5)12-19(14-21)17(7)23-16(6)9-2/h9,12-14,20H,4,7-8,10-11H2,1-3,5-6H3/b16-9-/t20-/m1/s1. The van der Waals surface area contributed by atoms with Crippen molar-refractivity contribution in [1.82, 2.24) is 0 Å². The van der Waals surface area contributed by atoms with Crippen molar-refractivity contribution in [3.8, 4) is 5.75 Å². The van der Waals surface area contributed by atoms with E-state index >= 15 is 0 Å². The monoisotopic (exact) mass is 330 g/mol. The number of hydrogen-bond donors (Lipinski definition) is 0. The van der Waals surface area contributed by atoms with E-state index < -0.39 is 0 Å². The van der Waals surface area contributed by atoms with Gasteiger partial charge in [-0.1, -0.05) is 56.8 Å². The summed E-state index contributed by atoms with van der Waals surface area (Å²) in [4.78, 5) is 2.28. The van der Waals surface area contributed by atoms with E-state index in [1.165, 1.54) is 4.91 Å². The van der Waals surface area contributed by atoms with Crippen LogP contribution >= 0.6 is 11.8 Å². The van der Waals surface area contributed by atoms with Gasteiger partial charge >= 0.3 is 0 Å². The summed E-state index contributed by atoms with van der Waals surface area (Å²) in [7, 11) is 0. The Balaban J connectivity index is 3.11. The van der Waals surface area contributed by atoms with E-state index in [4.69, 9.17) is 4.74 Å². The lowest BCUT2D eigenvalue weighted by atomic mass is 10.0. The molecule has 1 rings (SSSR count). The fourth-order valence-electron chi connectivity index (χ4n) is 2.25. The molecule has 0 aliphatic heterocycles. The number of rotatable bonds is 9. The minimum Gasteiger partial charge on any atom is -0.490 e. The van der Waals surface area contributed by atoms with Crippen LogP contribution in [0.15, 0.2) is 42.3 Å². The average Bonchev–Trinajstić information content (AvgIpc) is 2.53. The summed E-state index contributed by atoms with van der Waals surface area (Å²) in [6.45, 7) is 18.8. The van der Waals surface area contributed by atoms with Crippen molar-refractivity contribution >= 4 is 22.2 Å². The summed E-state index contributed by atoms with van der Waals surface area (Å²) in [5.41, 5.74) is 3.27. The molecule has 1 aromatic carbocycles. The molecule has 0 aliphatic carbocycles. The van der Waals surface area contributed by atoms with Crippen molar-refractivity contribution in [1.29, 1.82) is 0 Å². The Labute approximate surface area is 146 Å². The maximum Gasteiger partial charge on any atom is 0.120 e. The molecule has 1 aromatic rings. The first-order valence-electron chi connectivity index (χ1n) is 8.38. The van der Waals surface area contributed by atoms with Gasteiger partial charge in [-0.3, -0.25) is 0 Å². The Kier molecular flexibility index (Phi) is 8.25. The molecule has 126 valence electrons. The van der Waals surface area contributed by atoms with Gasteiger partial charge in [0.1, 0.15) is 5.75 Å². The summed E-state index contributed by atoms with van der Waals surface area (Å²) < 4.78 is 6.21. The lowest BCUT2D eigenvalue weighted by Gasteiger charge is -2.19. The second-order valence-corrected chi connectivity index (χ2v) is 7.23. The van der Waals surface area contributed by atoms with Crippen LogP contribution < -0.4 is 4.74 Å². The van der Waals surface area contributed by atoms with Gasteiger partial charge in [0.25, 0.3) is 0 Å². The van der Waals surface area contributed by atoms with Gasteiger partial charge in [0.2, 0.25) is 0 Å². The molecule has 0 heterocycles. The van der Waals surface area contributed by atoms with E-state index in [2.05, 4.69) is 58.2 Å². The number of ether oxygens (including phenoxy) is 1. The summed E-state index contributed by atoms with van der Waals surface area (Å²) in [5, 5.41) is 0. The lowest BCUT2D eigenvalue weighted by molar-refractivity contribution is 0.185. The van der Waals surface area contributed by atoms with Gasteiger partial charge in [0.05, 0.1) is 6.10 Å². The van der Waals surface area contributed by atoms with Crippen LogP contribution in [-0.4, -0.2) is 6.10 Å². The molecular formula is C21H30OS. The van der Waals surface area contributed by atoms with Gasteiger partial charge in [-0.15, -0.1) is 0 Å². The van der Waals surface area contributed by atoms with Crippen LogP contribution in [0, 0.1) is 0 Å². The zero-order valence-corrected chi connectivity index (χ0v) is 16.1. The molecule has 0 fully saturated rings. The Hall–Kier alpha value is -1.41. The normalized spacial score (nSPS) is 12.8. The van der Waals surface area contributed by atoms with E-state index in [-0.39, 0.29) is 6.10 Å². The number of hydrogen-bond acceptors (Lipinski definition) is 2. The van der Waals surface area contributed by atoms with E-state index in [0.717, 1.165) is 46.6 Å². The molecule has 0 radical (unpaired) electrons. The fourth-order valence-corrected chi connectivity index (χ4v) is 2.99. The highest BCUT2D eigenvalue weighted by Gasteiger charge is 2.11. The van der Waals surface area contributed by atoms with Crippen LogP contribution in [-0.2, 0) is 0 Å². The third-order valence-electron chi connectivity index (χ3n) is 3.78. The first kappa shape index (κ1) is 19.6. The summed E-state index contributed by atoms with van der Waals surface area (Å²) in [5.74, 6) is 0.917. The van der Waals surface area contributed by atoms with Crippen molar-refractivity contribution in [2.75, 3.05) is 0 Å². The SMILES string of the molecule is C=C(C)c1cc(O[C@H](CC)CCC)cc(C(=C)S/C(C)=C\C)c1. The molecule has 0 N–H and O–H groups in total. The van der Waals surface area contributed by atoms with Crippen LogP contribution in [0.4, 0.5) is 0 Å². The lowest BCUT2D eigenvalue weighted by Crippen LogP contribution is -2.15. The molecular weight excluding hydrogens is 300 g/mol. The highest BCUT2D eigenvalue weighted by molar-refractivity contribution is 8.11. The predicted molar refractivity (Wildman–Crippen MR) is 107 cm³/mol. The molecule has 0 amide bonds. The van der Waals surface area contributed by atoms with Gasteiger partial charge in [0.15, 0.2) is 0 Å². The van der Waals surface area contributed by atoms with Gasteiger partial charge in [0, 0.05) is 4.91 Å². The average molecular weight is 331 g/mol. The molecule has 0 bridgehead atoms. The zero-order valence-electron chi connectivity index (χ0n) is 15.2. The predicted octanol–water partition coefficient (Wildman–Crippen LogP) is 7.30. The molecule has 0 saturated carbocycles. The highest BCUT2D eigenvalue weighted by Crippen LogP contribution is 2.35. The van der Waals surface area contributed by atoms with Crippen molar-refractivity contribution < 1.29 is 4.74 Å². The minimum atomic E-state index is 0.270. The summed E-state index contributed by atoms with van der Waals surface area (Å²) >= 11 is 1.70. The van der Waals surface area contributed by atoms with Crippen LogP contribution in [0.3, 0.4) is 0 Å². The maximum absolute atomic E-state index is 6.21.